The number of nitrogens with zero attached hydrogens (tertiary/aromatic N) is 1. The molecule has 3 nitrogen and oxygen atoms in total. The minimum Gasteiger partial charge on any atom is -0.368 e. The van der Waals surface area contributed by atoms with Crippen LogP contribution >= 0.6 is 32.1 Å². The van der Waals surface area contributed by atoms with Crippen molar-refractivity contribution in [3.8, 4) is 0 Å². The lowest BCUT2D eigenvalue weighted by atomic mass is 10.0. The number of benzene rings is 4. The molecule has 0 aliphatic carbocycles. The second-order valence-corrected chi connectivity index (χ2v) is 14.4. The van der Waals surface area contributed by atoms with Gasteiger partial charge in [-0.1, -0.05) is 108 Å². The van der Waals surface area contributed by atoms with E-state index >= 15 is 0 Å². The lowest BCUT2D eigenvalue weighted by Gasteiger charge is -2.15. The highest BCUT2D eigenvalue weighted by atomic mass is 32.2. The number of nitrogens with one attached hydrogen (secondary N) is 1. The van der Waals surface area contributed by atoms with Crippen molar-refractivity contribution in [1.29, 1.82) is 0 Å². The fourth-order valence-electron chi connectivity index (χ4n) is 5.11. The summed E-state index contributed by atoms with van der Waals surface area (Å²) in [6, 6.07) is 30.8. The summed E-state index contributed by atoms with van der Waals surface area (Å²) in [6.07, 6.45) is -0.311. The first-order valence-corrected chi connectivity index (χ1v) is 18.5. The highest BCUT2D eigenvalue weighted by molar-refractivity contribution is 8.02. The van der Waals surface area contributed by atoms with Crippen LogP contribution in [0.15, 0.2) is 119 Å². The first-order valence-electron chi connectivity index (χ1n) is 15.3. The Morgan fingerprint density at radius 2 is 1.57 bits per heavy atom. The van der Waals surface area contributed by atoms with Gasteiger partial charge in [-0.25, -0.2) is 0 Å². The van der Waals surface area contributed by atoms with E-state index in [2.05, 4.69) is 104 Å². The van der Waals surface area contributed by atoms with E-state index < -0.39 is 11.7 Å². The highest BCUT2D eigenvalue weighted by Gasteiger charge is 2.30. The monoisotopic (exact) mass is 691 g/mol. The Labute approximate surface area is 287 Å². The largest absolute Gasteiger partial charge is 0.416 e. The summed E-state index contributed by atoms with van der Waals surface area (Å²) in [5.41, 5.74) is 13.3. The molecule has 2 aliphatic heterocycles. The number of alkyl halides is 3. The molecule has 47 heavy (non-hydrogen) atoms. The zero-order valence-corrected chi connectivity index (χ0v) is 29.6. The van der Waals surface area contributed by atoms with Crippen molar-refractivity contribution < 1.29 is 13.2 Å². The Balaban J connectivity index is 0.000000325. The Bertz CT molecular complexity index is 1670. The molecule has 2 heterocycles. The van der Waals surface area contributed by atoms with Crippen LogP contribution in [0.2, 0.25) is 0 Å². The van der Waals surface area contributed by atoms with Crippen LogP contribution in [0.3, 0.4) is 0 Å². The van der Waals surface area contributed by atoms with Gasteiger partial charge in [-0.2, -0.15) is 13.2 Å². The van der Waals surface area contributed by atoms with Crippen LogP contribution in [0.4, 0.5) is 13.2 Å². The quantitative estimate of drug-likeness (QED) is 0.150. The fraction of sp³-hybridized carbons (Fsp3) is 0.237. The third-order valence-electron chi connectivity index (χ3n) is 7.74. The van der Waals surface area contributed by atoms with Gasteiger partial charge in [0, 0.05) is 16.3 Å². The van der Waals surface area contributed by atoms with Crippen molar-refractivity contribution >= 4 is 49.3 Å². The molecule has 0 spiro atoms. The topological polar surface area (TPSA) is 50.4 Å². The lowest BCUT2D eigenvalue weighted by Crippen LogP contribution is -2.13. The Morgan fingerprint density at radius 1 is 0.936 bits per heavy atom. The number of thioether (sulfide) groups is 2. The van der Waals surface area contributed by atoms with Crippen LogP contribution < -0.4 is 11.1 Å². The van der Waals surface area contributed by atoms with Crippen LogP contribution in [0.5, 0.6) is 0 Å². The van der Waals surface area contributed by atoms with E-state index in [0.29, 0.717) is 20.2 Å². The van der Waals surface area contributed by atoms with Gasteiger partial charge in [0.25, 0.3) is 0 Å². The van der Waals surface area contributed by atoms with Gasteiger partial charge in [-0.3, -0.25) is 4.99 Å². The van der Waals surface area contributed by atoms with Gasteiger partial charge in [0.15, 0.2) is 0 Å². The first kappa shape index (κ1) is 36.5. The normalized spacial score (nSPS) is 17.6. The molecule has 3 unspecified atom stereocenters. The minimum atomic E-state index is -4.32. The van der Waals surface area contributed by atoms with Crippen molar-refractivity contribution in [1.82, 2.24) is 5.32 Å². The van der Waals surface area contributed by atoms with Gasteiger partial charge in [0.05, 0.1) is 17.6 Å². The van der Waals surface area contributed by atoms with Crippen molar-refractivity contribution in [3.63, 3.8) is 0 Å². The molecular weight excluding hydrogens is 651 g/mol. The van der Waals surface area contributed by atoms with Gasteiger partial charge in [-0.15, -0.1) is 23.5 Å². The van der Waals surface area contributed by atoms with Crippen molar-refractivity contribution in [3.05, 3.63) is 148 Å². The molecular formula is C38H41F3N3PS2. The molecule has 3 atom stereocenters. The number of hydrogen-bond acceptors (Lipinski definition) is 5. The van der Waals surface area contributed by atoms with Crippen molar-refractivity contribution in [2.24, 2.45) is 10.7 Å². The lowest BCUT2D eigenvalue weighted by molar-refractivity contribution is -0.137. The van der Waals surface area contributed by atoms with E-state index in [1.807, 2.05) is 17.6 Å². The van der Waals surface area contributed by atoms with Gasteiger partial charge < -0.3 is 11.1 Å². The molecule has 0 fully saturated rings. The third-order valence-corrected chi connectivity index (χ3v) is 11.1. The summed E-state index contributed by atoms with van der Waals surface area (Å²) in [5, 5.41) is 5.33. The van der Waals surface area contributed by atoms with E-state index in [0.717, 1.165) is 46.5 Å². The van der Waals surface area contributed by atoms with Crippen LogP contribution in [-0.4, -0.2) is 25.3 Å². The van der Waals surface area contributed by atoms with E-state index in [9.17, 15) is 13.2 Å². The third kappa shape index (κ3) is 9.64. The highest BCUT2D eigenvalue weighted by Crippen LogP contribution is 2.45. The van der Waals surface area contributed by atoms with Crippen molar-refractivity contribution in [2.45, 2.75) is 41.9 Å². The molecule has 4 aromatic carbocycles. The smallest absolute Gasteiger partial charge is 0.368 e. The standard InChI is InChI=1S/C27H22F3N2PS.C10H14S.CH5N/c1-2-17-5-3-4-6-22(17)24-15-31-25(33-24)19-9-7-18(8-10-19)23-16-34-26(32-23)20-11-13-21(14-12-20)27(28,29)30;1-8(2)9-4-6-10(11-3)7-5-9;1-2/h2-14,16,24,26,32-33H,1,15H2;4-8H,1-3H3;2H2,1H3. The number of halogens is 3. The van der Waals surface area contributed by atoms with E-state index in [1.54, 1.807) is 23.5 Å². The zero-order chi connectivity index (χ0) is 34.0. The van der Waals surface area contributed by atoms with Crippen LogP contribution in [0.1, 0.15) is 69.7 Å². The fourth-order valence-corrected chi connectivity index (χ4v) is 7.95. The number of aliphatic imine (C=N–C) groups is 1. The maximum atomic E-state index is 12.8. The van der Waals surface area contributed by atoms with E-state index in [4.69, 9.17) is 4.99 Å². The van der Waals surface area contributed by atoms with Gasteiger partial charge in [0.2, 0.25) is 0 Å². The van der Waals surface area contributed by atoms with Gasteiger partial charge in [0.1, 0.15) is 5.37 Å². The maximum Gasteiger partial charge on any atom is 0.416 e. The molecule has 0 saturated heterocycles. The summed E-state index contributed by atoms with van der Waals surface area (Å²) in [6.45, 7) is 9.16. The molecule has 2 aliphatic rings. The number of nitrogens with two attached hydrogens (primary N) is 1. The summed E-state index contributed by atoms with van der Waals surface area (Å²) >= 11 is 3.35. The number of rotatable bonds is 7. The average molecular weight is 692 g/mol. The van der Waals surface area contributed by atoms with Gasteiger partial charge >= 0.3 is 6.18 Å². The number of hydrogen-bond donors (Lipinski definition) is 2. The predicted octanol–water partition coefficient (Wildman–Crippen LogP) is 11.0. The Morgan fingerprint density at radius 3 is 2.17 bits per heavy atom. The van der Waals surface area contributed by atoms with Crippen LogP contribution in [0, 0.1) is 0 Å². The summed E-state index contributed by atoms with van der Waals surface area (Å²) in [5.74, 6) is 0.644. The maximum absolute atomic E-state index is 12.8. The summed E-state index contributed by atoms with van der Waals surface area (Å²) in [4.78, 5) is 6.16. The predicted molar refractivity (Wildman–Crippen MR) is 201 cm³/mol. The summed E-state index contributed by atoms with van der Waals surface area (Å²) < 4.78 is 38.5. The Kier molecular flexibility index (Phi) is 13.4. The average Bonchev–Trinajstić information content (AvgIpc) is 3.81. The molecule has 6 rings (SSSR count). The Hall–Kier alpha value is -3.29. The minimum absolute atomic E-state index is 0.108. The second kappa shape index (κ2) is 17.2. The molecule has 0 amide bonds. The zero-order valence-electron chi connectivity index (χ0n) is 27.0. The van der Waals surface area contributed by atoms with Crippen LogP contribution in [-0.2, 0) is 6.18 Å². The first-order chi connectivity index (χ1) is 22.7. The van der Waals surface area contributed by atoms with Crippen LogP contribution in [0.25, 0.3) is 11.8 Å². The molecule has 9 heteroatoms. The molecule has 0 saturated carbocycles. The SMILES string of the molecule is C=Cc1ccccc1C1CN=C(c2ccc(C3=CSC(c4ccc(C(F)(F)F)cc4)N3)cc2)P1.CN.CSc1ccc(C(C)C)cc1. The van der Waals surface area contributed by atoms with E-state index in [1.165, 1.54) is 40.8 Å². The molecule has 3 N–H and O–H groups in total. The molecule has 0 bridgehead atoms. The van der Waals surface area contributed by atoms with Crippen molar-refractivity contribution in [2.75, 3.05) is 19.8 Å². The second-order valence-electron chi connectivity index (χ2n) is 11.0. The summed E-state index contributed by atoms with van der Waals surface area (Å²) in [7, 11) is 2.11. The molecule has 246 valence electrons. The van der Waals surface area contributed by atoms with E-state index in [-0.39, 0.29) is 5.37 Å². The molecule has 4 aromatic rings. The van der Waals surface area contributed by atoms with Gasteiger partial charge in [-0.05, 0) is 82.3 Å². The molecule has 0 radical (unpaired) electrons. The molecule has 0 aromatic heterocycles.